The summed E-state index contributed by atoms with van der Waals surface area (Å²) < 4.78 is 16.0. The molecule has 1 aromatic carbocycles. The number of amides is 3. The molecule has 1 saturated heterocycles. The number of imide groups is 1. The lowest BCUT2D eigenvalue weighted by atomic mass is 10.3. The summed E-state index contributed by atoms with van der Waals surface area (Å²) in [5.74, 6) is -0.304. The van der Waals surface area contributed by atoms with Gasteiger partial charge in [0.05, 0.1) is 6.61 Å². The fraction of sp³-hybridized carbons (Fsp3) is 0.471. The maximum Gasteiger partial charge on any atom is 0.344 e. The SMILES string of the molecule is CCCOc1ccccc1OCC(=O)O[C@H](C)C(=O)N1CCNC1=O. The molecule has 0 unspecified atom stereocenters. The van der Waals surface area contributed by atoms with Crippen LogP contribution in [0.15, 0.2) is 24.3 Å². The molecule has 1 aromatic rings. The van der Waals surface area contributed by atoms with Crippen LogP contribution in [0.2, 0.25) is 0 Å². The zero-order valence-electron chi connectivity index (χ0n) is 14.3. The van der Waals surface area contributed by atoms with Crippen molar-refractivity contribution in [1.29, 1.82) is 0 Å². The number of esters is 1. The number of nitrogens with zero attached hydrogens (tertiary/aromatic N) is 1. The lowest BCUT2D eigenvalue weighted by Crippen LogP contribution is -2.42. The molecule has 8 heteroatoms. The molecule has 1 N–H and O–H groups in total. The number of rotatable bonds is 8. The molecule has 1 atom stereocenters. The fourth-order valence-corrected chi connectivity index (χ4v) is 2.22. The van der Waals surface area contributed by atoms with Crippen LogP contribution in [0, 0.1) is 0 Å². The van der Waals surface area contributed by atoms with Crippen LogP contribution in [0.1, 0.15) is 20.3 Å². The summed E-state index contributed by atoms with van der Waals surface area (Å²) in [5, 5.41) is 2.52. The Bertz CT molecular complexity index is 633. The summed E-state index contributed by atoms with van der Waals surface area (Å²) in [6.45, 7) is 4.23. The van der Waals surface area contributed by atoms with E-state index in [1.165, 1.54) is 6.92 Å². The van der Waals surface area contributed by atoms with Gasteiger partial charge in [-0.25, -0.2) is 9.59 Å². The van der Waals surface area contributed by atoms with E-state index in [4.69, 9.17) is 14.2 Å². The minimum Gasteiger partial charge on any atom is -0.490 e. The van der Waals surface area contributed by atoms with Crippen LogP contribution in [0.4, 0.5) is 4.79 Å². The highest BCUT2D eigenvalue weighted by atomic mass is 16.6. The van der Waals surface area contributed by atoms with Crippen LogP contribution in [-0.2, 0) is 14.3 Å². The van der Waals surface area contributed by atoms with Crippen molar-refractivity contribution in [3.8, 4) is 11.5 Å². The quantitative estimate of drug-likeness (QED) is 0.711. The second-order valence-corrected chi connectivity index (χ2v) is 5.44. The summed E-state index contributed by atoms with van der Waals surface area (Å²) in [5.41, 5.74) is 0. The summed E-state index contributed by atoms with van der Waals surface area (Å²) >= 11 is 0. The van der Waals surface area contributed by atoms with Crippen molar-refractivity contribution in [1.82, 2.24) is 10.2 Å². The number of para-hydroxylation sites is 2. The van der Waals surface area contributed by atoms with E-state index >= 15 is 0 Å². The minimum atomic E-state index is -1.06. The maximum absolute atomic E-state index is 12.1. The standard InChI is InChI=1S/C17H22N2O6/c1-3-10-23-13-6-4-5-7-14(13)24-11-15(20)25-12(2)16(21)19-9-8-18-17(19)22/h4-7,12H,3,8-11H2,1-2H3,(H,18,22)/t12-/m1/s1. The van der Waals surface area contributed by atoms with Gasteiger partial charge < -0.3 is 19.5 Å². The molecule has 3 amide bonds. The van der Waals surface area contributed by atoms with Crippen LogP contribution in [0.3, 0.4) is 0 Å². The predicted octanol–water partition coefficient (Wildman–Crippen LogP) is 1.34. The van der Waals surface area contributed by atoms with Crippen LogP contribution in [0.5, 0.6) is 11.5 Å². The van der Waals surface area contributed by atoms with Crippen LogP contribution in [0.25, 0.3) is 0 Å². The predicted molar refractivity (Wildman–Crippen MR) is 88.4 cm³/mol. The van der Waals surface area contributed by atoms with Gasteiger partial charge in [-0.1, -0.05) is 19.1 Å². The third-order valence-electron chi connectivity index (χ3n) is 3.44. The highest BCUT2D eigenvalue weighted by Gasteiger charge is 2.31. The van der Waals surface area contributed by atoms with E-state index in [1.807, 2.05) is 6.92 Å². The molecule has 25 heavy (non-hydrogen) atoms. The van der Waals surface area contributed by atoms with Crippen LogP contribution >= 0.6 is 0 Å². The van der Waals surface area contributed by atoms with Crippen molar-refractivity contribution >= 4 is 17.9 Å². The topological polar surface area (TPSA) is 94.2 Å². The molecule has 0 aromatic heterocycles. The average Bonchev–Trinajstić information content (AvgIpc) is 3.04. The normalized spacial score (nSPS) is 14.6. The van der Waals surface area contributed by atoms with E-state index < -0.39 is 24.0 Å². The number of hydrogen-bond acceptors (Lipinski definition) is 6. The largest absolute Gasteiger partial charge is 0.490 e. The van der Waals surface area contributed by atoms with E-state index in [1.54, 1.807) is 24.3 Å². The lowest BCUT2D eigenvalue weighted by Gasteiger charge is -2.18. The van der Waals surface area contributed by atoms with Crippen molar-refractivity contribution in [3.05, 3.63) is 24.3 Å². The Morgan fingerprint density at radius 3 is 2.52 bits per heavy atom. The molecule has 1 heterocycles. The van der Waals surface area contributed by atoms with Gasteiger partial charge in [-0.15, -0.1) is 0 Å². The third kappa shape index (κ3) is 5.10. The van der Waals surface area contributed by atoms with Crippen molar-refractivity contribution in [2.45, 2.75) is 26.4 Å². The number of nitrogens with one attached hydrogen (secondary N) is 1. The highest BCUT2D eigenvalue weighted by molar-refractivity contribution is 5.98. The first-order valence-corrected chi connectivity index (χ1v) is 8.16. The van der Waals surface area contributed by atoms with Crippen LogP contribution < -0.4 is 14.8 Å². The molecular weight excluding hydrogens is 328 g/mol. The number of benzene rings is 1. The first kappa shape index (κ1) is 18.6. The number of carbonyl (C=O) groups is 3. The summed E-state index contributed by atoms with van der Waals surface area (Å²) in [7, 11) is 0. The number of carbonyl (C=O) groups excluding carboxylic acids is 3. The van der Waals surface area contributed by atoms with E-state index in [9.17, 15) is 14.4 Å². The van der Waals surface area contributed by atoms with E-state index in [0.717, 1.165) is 11.3 Å². The summed E-state index contributed by atoms with van der Waals surface area (Å²) in [6.07, 6.45) is -0.216. The van der Waals surface area contributed by atoms with E-state index in [0.29, 0.717) is 24.7 Å². The minimum absolute atomic E-state index is 0.262. The highest BCUT2D eigenvalue weighted by Crippen LogP contribution is 2.26. The number of ether oxygens (including phenoxy) is 3. The smallest absolute Gasteiger partial charge is 0.344 e. The average molecular weight is 350 g/mol. The van der Waals surface area contributed by atoms with Crippen molar-refractivity contribution < 1.29 is 28.6 Å². The zero-order chi connectivity index (χ0) is 18.2. The molecule has 8 nitrogen and oxygen atoms in total. The number of urea groups is 1. The molecule has 0 saturated carbocycles. The lowest BCUT2D eigenvalue weighted by molar-refractivity contribution is -0.159. The zero-order valence-corrected chi connectivity index (χ0v) is 14.3. The fourth-order valence-electron chi connectivity index (χ4n) is 2.22. The Morgan fingerprint density at radius 1 is 1.24 bits per heavy atom. The molecule has 0 bridgehead atoms. The third-order valence-corrected chi connectivity index (χ3v) is 3.44. The Balaban J connectivity index is 1.84. The Morgan fingerprint density at radius 2 is 1.92 bits per heavy atom. The van der Waals surface area contributed by atoms with Gasteiger partial charge in [-0.3, -0.25) is 9.69 Å². The Labute approximate surface area is 146 Å². The van der Waals surface area contributed by atoms with Gasteiger partial charge in [0.15, 0.2) is 24.2 Å². The molecule has 1 aliphatic heterocycles. The molecular formula is C17H22N2O6. The van der Waals surface area contributed by atoms with Crippen molar-refractivity contribution in [2.24, 2.45) is 0 Å². The van der Waals surface area contributed by atoms with Gasteiger partial charge in [0, 0.05) is 13.1 Å². The Hall–Kier alpha value is -2.77. The van der Waals surface area contributed by atoms with Gasteiger partial charge in [0.1, 0.15) is 0 Å². The monoisotopic (exact) mass is 350 g/mol. The molecule has 1 fully saturated rings. The first-order valence-electron chi connectivity index (χ1n) is 8.16. The second kappa shape index (κ2) is 8.91. The molecule has 2 rings (SSSR count). The summed E-state index contributed by atoms with van der Waals surface area (Å²) in [4.78, 5) is 36.4. The second-order valence-electron chi connectivity index (χ2n) is 5.44. The Kier molecular flexibility index (Phi) is 6.62. The van der Waals surface area contributed by atoms with Gasteiger partial charge in [0.25, 0.3) is 5.91 Å². The molecule has 1 aliphatic rings. The first-order chi connectivity index (χ1) is 12.0. The molecule has 0 spiro atoms. The van der Waals surface area contributed by atoms with E-state index in [-0.39, 0.29) is 13.2 Å². The summed E-state index contributed by atoms with van der Waals surface area (Å²) in [6, 6.07) is 6.51. The van der Waals surface area contributed by atoms with E-state index in [2.05, 4.69) is 5.32 Å². The van der Waals surface area contributed by atoms with Gasteiger partial charge >= 0.3 is 12.0 Å². The maximum atomic E-state index is 12.1. The van der Waals surface area contributed by atoms with Crippen molar-refractivity contribution in [3.63, 3.8) is 0 Å². The number of hydrogen-bond donors (Lipinski definition) is 1. The van der Waals surface area contributed by atoms with Gasteiger partial charge in [-0.2, -0.15) is 0 Å². The van der Waals surface area contributed by atoms with Gasteiger partial charge in [0.2, 0.25) is 0 Å². The van der Waals surface area contributed by atoms with Crippen molar-refractivity contribution in [2.75, 3.05) is 26.3 Å². The molecule has 0 radical (unpaired) electrons. The molecule has 0 aliphatic carbocycles. The van der Waals surface area contributed by atoms with Crippen LogP contribution in [-0.4, -0.2) is 55.2 Å². The van der Waals surface area contributed by atoms with Gasteiger partial charge in [-0.05, 0) is 25.5 Å². The molecule has 136 valence electrons.